The summed E-state index contributed by atoms with van der Waals surface area (Å²) in [5.41, 5.74) is 0.180. The number of aryl methyl sites for hydroxylation is 2. The van der Waals surface area contributed by atoms with Gasteiger partial charge in [-0.25, -0.2) is 9.78 Å². The van der Waals surface area contributed by atoms with E-state index in [1.165, 1.54) is 17.9 Å². The van der Waals surface area contributed by atoms with Crippen LogP contribution in [-0.2, 0) is 21.1 Å². The average Bonchev–Trinajstić information content (AvgIpc) is 2.54. The van der Waals surface area contributed by atoms with Crippen molar-refractivity contribution in [2.75, 3.05) is 0 Å². The third-order valence-electron chi connectivity index (χ3n) is 2.32. The Morgan fingerprint density at radius 2 is 1.73 bits per heavy atom. The summed E-state index contributed by atoms with van der Waals surface area (Å²) in [4.78, 5) is 27.2. The van der Waals surface area contributed by atoms with E-state index in [9.17, 15) is 9.59 Å². The van der Waals surface area contributed by atoms with Crippen LogP contribution in [0, 0.1) is 0 Å². The topological polar surface area (TPSA) is 61.8 Å². The molecule has 15 heavy (non-hydrogen) atoms. The predicted octanol–water partition coefficient (Wildman–Crippen LogP) is -2.21. The Hall–Kier alpha value is -0.980. The second kappa shape index (κ2) is 3.88. The fourth-order valence-electron chi connectivity index (χ4n) is 1.47. The molecule has 0 spiro atoms. The Kier molecular flexibility index (Phi) is 3.13. The molecule has 6 nitrogen and oxygen atoms in total. The van der Waals surface area contributed by atoms with Gasteiger partial charge in [0, 0.05) is 21.1 Å². The molecule has 2 heterocycles. The molecule has 0 amide bonds. The standard InChI is InChI=1S/C8H10N4O2.In.3H/c1-10-4-9-6-5(10)7(13)12(3)8(14)11(6)2;;;;/h4H,1-3H3;;;;. The predicted molar refractivity (Wildman–Crippen MR) is 61.1 cm³/mol. The Labute approximate surface area is 104 Å². The van der Waals surface area contributed by atoms with Crippen molar-refractivity contribution in [1.82, 2.24) is 18.7 Å². The third-order valence-corrected chi connectivity index (χ3v) is 2.32. The molecular weight excluding hydrogens is 299 g/mol. The van der Waals surface area contributed by atoms with Crippen molar-refractivity contribution in [2.45, 2.75) is 0 Å². The zero-order valence-electron chi connectivity index (χ0n) is 8.18. The van der Waals surface area contributed by atoms with Crippen molar-refractivity contribution in [3.05, 3.63) is 27.2 Å². The molecule has 0 radical (unpaired) electrons. The van der Waals surface area contributed by atoms with E-state index in [2.05, 4.69) is 4.98 Å². The quantitative estimate of drug-likeness (QED) is 0.554. The van der Waals surface area contributed by atoms with Gasteiger partial charge < -0.3 is 4.57 Å². The number of imidazole rings is 1. The van der Waals surface area contributed by atoms with Crippen molar-refractivity contribution in [1.29, 1.82) is 0 Å². The van der Waals surface area contributed by atoms with Crippen LogP contribution in [0.1, 0.15) is 0 Å². The summed E-state index contributed by atoms with van der Waals surface area (Å²) in [6.07, 6.45) is 1.52. The van der Waals surface area contributed by atoms with Gasteiger partial charge in [0.15, 0.2) is 11.2 Å². The molecule has 0 aromatic carbocycles. The third kappa shape index (κ3) is 1.54. The van der Waals surface area contributed by atoms with E-state index < -0.39 is 0 Å². The van der Waals surface area contributed by atoms with Crippen molar-refractivity contribution in [3.8, 4) is 0 Å². The van der Waals surface area contributed by atoms with Crippen LogP contribution in [-0.4, -0.2) is 44.5 Å². The first-order valence-corrected chi connectivity index (χ1v) is 4.11. The summed E-state index contributed by atoms with van der Waals surface area (Å²) in [7, 11) is 4.77. The van der Waals surface area contributed by atoms with E-state index in [4.69, 9.17) is 0 Å². The molecular formula is C8H13InN4O2. The molecule has 0 N–H and O–H groups in total. The number of rotatable bonds is 0. The molecule has 0 aliphatic rings. The second-order valence-electron chi connectivity index (χ2n) is 3.23. The van der Waals surface area contributed by atoms with Crippen LogP contribution < -0.4 is 11.2 Å². The fraction of sp³-hybridized carbons (Fsp3) is 0.375. The van der Waals surface area contributed by atoms with Crippen molar-refractivity contribution < 1.29 is 0 Å². The first-order chi connectivity index (χ1) is 6.54. The molecule has 0 fully saturated rings. The molecule has 2 rings (SSSR count). The van der Waals surface area contributed by atoms with Gasteiger partial charge in [0.05, 0.1) is 6.33 Å². The molecule has 0 saturated heterocycles. The molecule has 0 bridgehead atoms. The van der Waals surface area contributed by atoms with Gasteiger partial charge >= 0.3 is 31.5 Å². The first kappa shape index (κ1) is 12.1. The SMILES string of the molecule is Cn1c(=O)c2c(ncn2C)n(C)c1=O.[InH3]. The van der Waals surface area contributed by atoms with Crippen LogP contribution >= 0.6 is 0 Å². The maximum absolute atomic E-state index is 11.7. The molecule has 2 aromatic heterocycles. The summed E-state index contributed by atoms with van der Waals surface area (Å²) in [6.45, 7) is 0. The van der Waals surface area contributed by atoms with Crippen molar-refractivity contribution in [3.63, 3.8) is 0 Å². The van der Waals surface area contributed by atoms with E-state index >= 15 is 0 Å². The van der Waals surface area contributed by atoms with Gasteiger partial charge in [-0.15, -0.1) is 0 Å². The van der Waals surface area contributed by atoms with Crippen LogP contribution in [0.5, 0.6) is 0 Å². The minimum atomic E-state index is -0.360. The number of hydrogen-bond donors (Lipinski definition) is 0. The normalized spacial score (nSPS) is 10.3. The van der Waals surface area contributed by atoms with Crippen LogP contribution in [0.25, 0.3) is 11.2 Å². The van der Waals surface area contributed by atoms with Gasteiger partial charge in [-0.05, 0) is 0 Å². The zero-order valence-corrected chi connectivity index (χ0v) is 8.18. The van der Waals surface area contributed by atoms with E-state index in [1.807, 2.05) is 0 Å². The Morgan fingerprint density at radius 1 is 1.13 bits per heavy atom. The molecule has 80 valence electrons. The number of hydrogen-bond acceptors (Lipinski definition) is 3. The van der Waals surface area contributed by atoms with E-state index in [0.29, 0.717) is 11.2 Å². The second-order valence-corrected chi connectivity index (χ2v) is 3.23. The Balaban J connectivity index is 0.00000112. The monoisotopic (exact) mass is 312 g/mol. The summed E-state index contributed by atoms with van der Waals surface area (Å²) in [6, 6.07) is 0. The van der Waals surface area contributed by atoms with Gasteiger partial charge in [-0.1, -0.05) is 0 Å². The molecule has 0 aliphatic carbocycles. The molecule has 2 aromatic rings. The zero-order chi connectivity index (χ0) is 10.5. The van der Waals surface area contributed by atoms with E-state index in [-0.39, 0.29) is 37.1 Å². The van der Waals surface area contributed by atoms with E-state index in [1.54, 1.807) is 18.7 Å². The Morgan fingerprint density at radius 3 is 2.33 bits per heavy atom. The van der Waals surface area contributed by atoms with Gasteiger partial charge in [0.1, 0.15) is 0 Å². The van der Waals surface area contributed by atoms with Crippen molar-refractivity contribution in [2.24, 2.45) is 21.1 Å². The number of nitrogens with zero attached hydrogens (tertiary/aromatic N) is 4. The molecule has 0 saturated carbocycles. The van der Waals surface area contributed by atoms with Gasteiger partial charge in [-0.2, -0.15) is 0 Å². The molecule has 0 aliphatic heterocycles. The van der Waals surface area contributed by atoms with Gasteiger partial charge in [0.2, 0.25) is 0 Å². The van der Waals surface area contributed by atoms with Gasteiger partial charge in [-0.3, -0.25) is 13.9 Å². The van der Waals surface area contributed by atoms with Gasteiger partial charge in [0.25, 0.3) is 5.56 Å². The first-order valence-electron chi connectivity index (χ1n) is 4.11. The van der Waals surface area contributed by atoms with Crippen LogP contribution in [0.4, 0.5) is 0 Å². The van der Waals surface area contributed by atoms with E-state index in [0.717, 1.165) is 4.57 Å². The maximum atomic E-state index is 11.7. The van der Waals surface area contributed by atoms with Crippen LogP contribution in [0.2, 0.25) is 0 Å². The number of fused-ring (bicyclic) bond motifs is 1. The fourth-order valence-corrected chi connectivity index (χ4v) is 1.47. The summed E-state index contributed by atoms with van der Waals surface area (Å²) >= 11 is 0. The average molecular weight is 312 g/mol. The van der Waals surface area contributed by atoms with Crippen LogP contribution in [0.15, 0.2) is 15.9 Å². The Bertz CT molecular complexity index is 622. The number of aromatic nitrogens is 4. The summed E-state index contributed by atoms with van der Waals surface area (Å²) in [5.74, 6) is 0. The van der Waals surface area contributed by atoms with Crippen LogP contribution in [0.3, 0.4) is 0 Å². The molecule has 0 unspecified atom stereocenters. The minimum absolute atomic E-state index is 0. The molecule has 0 atom stereocenters. The molecule has 7 heteroatoms. The summed E-state index contributed by atoms with van der Waals surface area (Å²) in [5, 5.41) is 0. The van der Waals surface area contributed by atoms with Crippen molar-refractivity contribution >= 4 is 37.0 Å². The summed E-state index contributed by atoms with van der Waals surface area (Å²) < 4.78 is 4.04.